The number of aromatic nitrogens is 2. The predicted octanol–water partition coefficient (Wildman–Crippen LogP) is 2.94. The molecular weight excluding hydrogens is 200 g/mol. The Morgan fingerprint density at radius 1 is 1.31 bits per heavy atom. The van der Waals surface area contributed by atoms with Gasteiger partial charge in [-0.05, 0) is 25.0 Å². The van der Waals surface area contributed by atoms with E-state index in [0.717, 1.165) is 10.9 Å². The fraction of sp³-hybridized carbons (Fsp3) is 0.462. The monoisotopic (exact) mass is 216 g/mol. The molecule has 1 aromatic heterocycles. The summed E-state index contributed by atoms with van der Waals surface area (Å²) in [6.07, 6.45) is 5.04. The van der Waals surface area contributed by atoms with Crippen molar-refractivity contribution >= 4 is 10.9 Å². The molecule has 1 fully saturated rings. The van der Waals surface area contributed by atoms with Gasteiger partial charge in [0, 0.05) is 13.0 Å². The number of fused-ring (bicyclic) bond motifs is 1. The van der Waals surface area contributed by atoms with Crippen molar-refractivity contribution in [1.29, 1.82) is 0 Å². The van der Waals surface area contributed by atoms with E-state index in [0.29, 0.717) is 11.7 Å². The Bertz CT molecular complexity index is 524. The van der Waals surface area contributed by atoms with E-state index in [2.05, 4.69) is 5.10 Å². The zero-order valence-electron chi connectivity index (χ0n) is 9.48. The van der Waals surface area contributed by atoms with Crippen LogP contribution in [-0.2, 0) is 7.05 Å². The van der Waals surface area contributed by atoms with Gasteiger partial charge in [-0.3, -0.25) is 4.68 Å². The van der Waals surface area contributed by atoms with Gasteiger partial charge in [0.15, 0.2) is 0 Å². The summed E-state index contributed by atoms with van der Waals surface area (Å²) in [6, 6.07) is 5.57. The van der Waals surface area contributed by atoms with E-state index in [1.807, 2.05) is 23.9 Å². The van der Waals surface area contributed by atoms with Crippen LogP contribution in [0.25, 0.3) is 10.9 Å². The first kappa shape index (κ1) is 9.70. The molecule has 0 radical (unpaired) electrons. The van der Waals surface area contributed by atoms with E-state index in [1.54, 1.807) is 6.07 Å². The lowest BCUT2D eigenvalue weighted by Crippen LogP contribution is -2.02. The third kappa shape index (κ3) is 1.31. The molecule has 3 nitrogen and oxygen atoms in total. The van der Waals surface area contributed by atoms with Crippen LogP contribution in [-0.4, -0.2) is 14.9 Å². The zero-order valence-corrected chi connectivity index (χ0v) is 9.48. The highest BCUT2D eigenvalue weighted by Gasteiger charge is 2.24. The van der Waals surface area contributed by atoms with Crippen molar-refractivity contribution in [2.75, 3.05) is 0 Å². The Morgan fingerprint density at radius 2 is 2.06 bits per heavy atom. The van der Waals surface area contributed by atoms with Gasteiger partial charge in [0.05, 0.1) is 16.6 Å². The molecule has 1 aliphatic carbocycles. The van der Waals surface area contributed by atoms with Crippen LogP contribution in [0.2, 0.25) is 0 Å². The Hall–Kier alpha value is -1.51. The number of hydrogen-bond donors (Lipinski definition) is 1. The van der Waals surface area contributed by atoms with Crippen molar-refractivity contribution in [3.05, 3.63) is 23.9 Å². The van der Waals surface area contributed by atoms with Gasteiger partial charge in [0.2, 0.25) is 0 Å². The quantitative estimate of drug-likeness (QED) is 0.795. The first-order valence-corrected chi connectivity index (χ1v) is 5.92. The second-order valence-corrected chi connectivity index (χ2v) is 4.66. The van der Waals surface area contributed by atoms with Crippen molar-refractivity contribution in [2.45, 2.75) is 31.6 Å². The maximum absolute atomic E-state index is 9.97. The normalized spacial score (nSPS) is 17.3. The van der Waals surface area contributed by atoms with Crippen molar-refractivity contribution < 1.29 is 5.11 Å². The summed E-state index contributed by atoms with van der Waals surface area (Å²) in [6.45, 7) is 0. The lowest BCUT2D eigenvalue weighted by molar-refractivity contribution is 0.480. The molecule has 3 rings (SSSR count). The Kier molecular flexibility index (Phi) is 2.13. The van der Waals surface area contributed by atoms with Gasteiger partial charge in [-0.2, -0.15) is 5.10 Å². The summed E-state index contributed by atoms with van der Waals surface area (Å²) in [5.74, 6) is 0.941. The number of hydrogen-bond acceptors (Lipinski definition) is 2. The largest absolute Gasteiger partial charge is 0.507 e. The number of nitrogens with zero attached hydrogens (tertiary/aromatic N) is 2. The highest BCUT2D eigenvalue weighted by molar-refractivity contribution is 5.88. The number of aryl methyl sites for hydroxylation is 1. The van der Waals surface area contributed by atoms with Gasteiger partial charge in [0.25, 0.3) is 0 Å². The molecule has 0 unspecified atom stereocenters. The van der Waals surface area contributed by atoms with Crippen molar-refractivity contribution in [2.24, 2.45) is 7.05 Å². The van der Waals surface area contributed by atoms with Crippen molar-refractivity contribution in [3.8, 4) is 5.75 Å². The molecular formula is C13H16N2O. The highest BCUT2D eigenvalue weighted by atomic mass is 16.3. The Balaban J connectivity index is 2.25. The van der Waals surface area contributed by atoms with E-state index < -0.39 is 0 Å². The molecule has 1 heterocycles. The van der Waals surface area contributed by atoms with Gasteiger partial charge in [-0.1, -0.05) is 18.9 Å². The van der Waals surface area contributed by atoms with Gasteiger partial charge < -0.3 is 5.11 Å². The predicted molar refractivity (Wildman–Crippen MR) is 63.6 cm³/mol. The maximum atomic E-state index is 9.97. The van der Waals surface area contributed by atoms with Crippen LogP contribution in [0.3, 0.4) is 0 Å². The van der Waals surface area contributed by atoms with Crippen LogP contribution >= 0.6 is 0 Å². The molecule has 2 aromatic rings. The molecule has 84 valence electrons. The molecule has 1 N–H and O–H groups in total. The molecule has 1 aromatic carbocycles. The summed E-state index contributed by atoms with van der Waals surface area (Å²) in [5.41, 5.74) is 2.12. The summed E-state index contributed by atoms with van der Waals surface area (Å²) >= 11 is 0. The highest BCUT2D eigenvalue weighted by Crippen LogP contribution is 2.39. The minimum absolute atomic E-state index is 0.368. The third-order valence-electron chi connectivity index (χ3n) is 3.62. The smallest absolute Gasteiger partial charge is 0.126 e. The van der Waals surface area contributed by atoms with Gasteiger partial charge in [-0.15, -0.1) is 0 Å². The number of phenolic OH excluding ortho intramolecular Hbond substituents is 1. The SMILES string of the molecule is Cn1nc2cccc(O)c2c1C1CCCC1. The summed E-state index contributed by atoms with van der Waals surface area (Å²) in [5, 5.41) is 15.4. The second-order valence-electron chi connectivity index (χ2n) is 4.66. The van der Waals surface area contributed by atoms with Crippen LogP contribution in [0.4, 0.5) is 0 Å². The van der Waals surface area contributed by atoms with Crippen molar-refractivity contribution in [3.63, 3.8) is 0 Å². The lowest BCUT2D eigenvalue weighted by Gasteiger charge is -2.10. The minimum Gasteiger partial charge on any atom is -0.507 e. The molecule has 0 amide bonds. The Labute approximate surface area is 94.7 Å². The molecule has 0 saturated heterocycles. The molecule has 0 atom stereocenters. The van der Waals surface area contributed by atoms with Crippen molar-refractivity contribution in [1.82, 2.24) is 9.78 Å². The number of benzene rings is 1. The summed E-state index contributed by atoms with van der Waals surface area (Å²) in [4.78, 5) is 0. The van der Waals surface area contributed by atoms with Crippen LogP contribution in [0.1, 0.15) is 37.3 Å². The number of aromatic hydroxyl groups is 1. The molecule has 0 bridgehead atoms. The average Bonchev–Trinajstić information content (AvgIpc) is 2.84. The molecule has 0 aliphatic heterocycles. The molecule has 16 heavy (non-hydrogen) atoms. The fourth-order valence-corrected chi connectivity index (χ4v) is 2.92. The van der Waals surface area contributed by atoms with E-state index in [4.69, 9.17) is 0 Å². The summed E-state index contributed by atoms with van der Waals surface area (Å²) in [7, 11) is 1.98. The average molecular weight is 216 g/mol. The third-order valence-corrected chi connectivity index (χ3v) is 3.62. The lowest BCUT2D eigenvalue weighted by atomic mass is 10.00. The van der Waals surface area contributed by atoms with Crippen LogP contribution in [0, 0.1) is 0 Å². The first-order valence-electron chi connectivity index (χ1n) is 5.92. The van der Waals surface area contributed by atoms with E-state index >= 15 is 0 Å². The van der Waals surface area contributed by atoms with E-state index in [-0.39, 0.29) is 0 Å². The molecule has 3 heteroatoms. The first-order chi connectivity index (χ1) is 7.77. The van der Waals surface area contributed by atoms with Gasteiger partial charge in [0.1, 0.15) is 5.75 Å². The summed E-state index contributed by atoms with van der Waals surface area (Å²) < 4.78 is 1.94. The zero-order chi connectivity index (χ0) is 11.1. The maximum Gasteiger partial charge on any atom is 0.126 e. The standard InChI is InChI=1S/C13H16N2O/c1-15-13(9-5-2-3-6-9)12-10(14-15)7-4-8-11(12)16/h4,7-9,16H,2-3,5-6H2,1H3. The topological polar surface area (TPSA) is 38.0 Å². The van der Waals surface area contributed by atoms with Crippen LogP contribution in [0.15, 0.2) is 18.2 Å². The second kappa shape index (κ2) is 3.51. The minimum atomic E-state index is 0.368. The van der Waals surface area contributed by atoms with E-state index in [9.17, 15) is 5.11 Å². The van der Waals surface area contributed by atoms with Gasteiger partial charge >= 0.3 is 0 Å². The molecule has 1 saturated carbocycles. The fourth-order valence-electron chi connectivity index (χ4n) is 2.92. The number of phenols is 1. The van der Waals surface area contributed by atoms with Gasteiger partial charge in [-0.25, -0.2) is 0 Å². The van der Waals surface area contributed by atoms with Crippen LogP contribution < -0.4 is 0 Å². The Morgan fingerprint density at radius 3 is 2.81 bits per heavy atom. The van der Waals surface area contributed by atoms with Crippen LogP contribution in [0.5, 0.6) is 5.75 Å². The van der Waals surface area contributed by atoms with E-state index in [1.165, 1.54) is 31.4 Å². The molecule has 0 spiro atoms. The molecule has 1 aliphatic rings. The number of rotatable bonds is 1.